The summed E-state index contributed by atoms with van der Waals surface area (Å²) in [6, 6.07) is 3.45. The van der Waals surface area contributed by atoms with Gasteiger partial charge in [0, 0.05) is 20.2 Å². The normalized spacial score (nSPS) is 10.8. The van der Waals surface area contributed by atoms with Crippen LogP contribution in [-0.2, 0) is 11.3 Å². The highest BCUT2D eigenvalue weighted by atomic mass is 19.3. The number of nitrogens with one attached hydrogen (secondary N) is 1. The molecule has 1 N–H and O–H groups in total. The summed E-state index contributed by atoms with van der Waals surface area (Å²) >= 11 is 0. The van der Waals surface area contributed by atoms with Gasteiger partial charge in [-0.1, -0.05) is 0 Å². The smallest absolute Gasteiger partial charge is 0.272 e. The van der Waals surface area contributed by atoms with Crippen LogP contribution in [0, 0.1) is 0 Å². The molecular formula is C14H21F2NO4. The van der Waals surface area contributed by atoms with E-state index >= 15 is 0 Å². The van der Waals surface area contributed by atoms with E-state index in [2.05, 4.69) is 5.32 Å². The number of alkyl halides is 2. The van der Waals surface area contributed by atoms with Crippen LogP contribution < -0.4 is 19.5 Å². The standard InChI is InChI=1S/C14H21F2NO4/c1-18-5-4-17-8-10-6-11(19-2)14(12(7-10)20-3)21-9-13(15)16/h6-7,13,17H,4-5,8-9H2,1-3H3. The van der Waals surface area contributed by atoms with Gasteiger partial charge >= 0.3 is 0 Å². The van der Waals surface area contributed by atoms with Crippen LogP contribution >= 0.6 is 0 Å². The van der Waals surface area contributed by atoms with Crippen molar-refractivity contribution < 1.29 is 27.7 Å². The third-order valence-corrected chi connectivity index (χ3v) is 2.69. The van der Waals surface area contributed by atoms with Crippen molar-refractivity contribution in [3.05, 3.63) is 17.7 Å². The third-order valence-electron chi connectivity index (χ3n) is 2.69. The fraction of sp³-hybridized carbons (Fsp3) is 0.571. The minimum atomic E-state index is -2.56. The highest BCUT2D eigenvalue weighted by molar-refractivity contribution is 5.53. The molecule has 0 aliphatic carbocycles. The Morgan fingerprint density at radius 2 is 1.71 bits per heavy atom. The Morgan fingerprint density at radius 3 is 2.19 bits per heavy atom. The molecule has 0 aliphatic rings. The Hall–Kier alpha value is -1.60. The summed E-state index contributed by atoms with van der Waals surface area (Å²) in [4.78, 5) is 0. The molecular weight excluding hydrogens is 284 g/mol. The number of methoxy groups -OCH3 is 3. The summed E-state index contributed by atoms with van der Waals surface area (Å²) in [5, 5.41) is 3.18. The zero-order valence-corrected chi connectivity index (χ0v) is 12.4. The Balaban J connectivity index is 2.84. The lowest BCUT2D eigenvalue weighted by Gasteiger charge is -2.16. The molecule has 0 amide bonds. The molecule has 0 radical (unpaired) electrons. The van der Waals surface area contributed by atoms with Crippen molar-refractivity contribution in [3.63, 3.8) is 0 Å². The van der Waals surface area contributed by atoms with Gasteiger partial charge in [-0.15, -0.1) is 0 Å². The fourth-order valence-electron chi connectivity index (χ4n) is 1.73. The first-order valence-corrected chi connectivity index (χ1v) is 6.47. The van der Waals surface area contributed by atoms with E-state index in [0.29, 0.717) is 31.2 Å². The molecule has 0 saturated carbocycles. The van der Waals surface area contributed by atoms with Crippen molar-refractivity contribution in [2.24, 2.45) is 0 Å². The van der Waals surface area contributed by atoms with Crippen LogP contribution in [-0.4, -0.2) is 47.5 Å². The number of halogens is 2. The molecule has 0 spiro atoms. The first-order valence-electron chi connectivity index (χ1n) is 6.47. The number of ether oxygens (including phenoxy) is 4. The highest BCUT2D eigenvalue weighted by Crippen LogP contribution is 2.38. The SMILES string of the molecule is COCCNCc1cc(OC)c(OCC(F)F)c(OC)c1. The molecule has 120 valence electrons. The lowest BCUT2D eigenvalue weighted by Crippen LogP contribution is -2.18. The molecule has 0 unspecified atom stereocenters. The zero-order chi connectivity index (χ0) is 15.7. The first-order chi connectivity index (χ1) is 10.1. The molecule has 5 nitrogen and oxygen atoms in total. The quantitative estimate of drug-likeness (QED) is 0.671. The van der Waals surface area contributed by atoms with Gasteiger partial charge in [0.05, 0.1) is 20.8 Å². The minimum Gasteiger partial charge on any atom is -0.493 e. The van der Waals surface area contributed by atoms with E-state index in [1.54, 1.807) is 19.2 Å². The molecule has 0 fully saturated rings. The summed E-state index contributed by atoms with van der Waals surface area (Å²) in [5.41, 5.74) is 0.893. The fourth-order valence-corrected chi connectivity index (χ4v) is 1.73. The Morgan fingerprint density at radius 1 is 1.10 bits per heavy atom. The van der Waals surface area contributed by atoms with Gasteiger partial charge in [-0.05, 0) is 17.7 Å². The van der Waals surface area contributed by atoms with Crippen LogP contribution in [0.1, 0.15) is 5.56 Å². The van der Waals surface area contributed by atoms with Gasteiger partial charge in [0.25, 0.3) is 6.43 Å². The average Bonchev–Trinajstić information content (AvgIpc) is 2.48. The van der Waals surface area contributed by atoms with Crippen molar-refractivity contribution in [2.45, 2.75) is 13.0 Å². The van der Waals surface area contributed by atoms with Crippen molar-refractivity contribution in [1.29, 1.82) is 0 Å². The lowest BCUT2D eigenvalue weighted by molar-refractivity contribution is 0.0789. The molecule has 0 atom stereocenters. The van der Waals surface area contributed by atoms with Gasteiger partial charge in [0.2, 0.25) is 5.75 Å². The summed E-state index contributed by atoms with van der Waals surface area (Å²) in [7, 11) is 4.53. The van der Waals surface area contributed by atoms with Gasteiger partial charge in [0.1, 0.15) is 6.61 Å². The average molecular weight is 305 g/mol. The second-order valence-electron chi connectivity index (χ2n) is 4.20. The summed E-state index contributed by atoms with van der Waals surface area (Å²) in [5.74, 6) is 0.901. The van der Waals surface area contributed by atoms with Crippen LogP contribution in [0.15, 0.2) is 12.1 Å². The van der Waals surface area contributed by atoms with Crippen LogP contribution in [0.5, 0.6) is 17.2 Å². The van der Waals surface area contributed by atoms with Gasteiger partial charge in [-0.2, -0.15) is 0 Å². The number of hydrogen-bond donors (Lipinski definition) is 1. The number of rotatable bonds is 10. The maximum Gasteiger partial charge on any atom is 0.272 e. The Bertz CT molecular complexity index is 404. The van der Waals surface area contributed by atoms with E-state index in [0.717, 1.165) is 5.56 Å². The molecule has 1 rings (SSSR count). The van der Waals surface area contributed by atoms with E-state index in [1.807, 2.05) is 0 Å². The molecule has 1 aromatic rings. The number of hydrogen-bond acceptors (Lipinski definition) is 5. The first kappa shape index (κ1) is 17.5. The predicted molar refractivity (Wildman–Crippen MR) is 74.6 cm³/mol. The number of benzene rings is 1. The molecule has 0 aliphatic heterocycles. The van der Waals surface area contributed by atoms with Crippen molar-refractivity contribution >= 4 is 0 Å². The van der Waals surface area contributed by atoms with E-state index in [4.69, 9.17) is 18.9 Å². The molecule has 0 bridgehead atoms. The van der Waals surface area contributed by atoms with Gasteiger partial charge in [-0.25, -0.2) is 8.78 Å². The molecule has 0 heterocycles. The van der Waals surface area contributed by atoms with Gasteiger partial charge in [0.15, 0.2) is 11.5 Å². The van der Waals surface area contributed by atoms with Crippen molar-refractivity contribution in [2.75, 3.05) is 41.1 Å². The molecule has 0 aromatic heterocycles. The predicted octanol–water partition coefficient (Wildman–Crippen LogP) is 2.08. The second-order valence-corrected chi connectivity index (χ2v) is 4.20. The topological polar surface area (TPSA) is 49.0 Å². The Labute approximate surface area is 123 Å². The van der Waals surface area contributed by atoms with E-state index in [1.165, 1.54) is 14.2 Å². The summed E-state index contributed by atoms with van der Waals surface area (Å²) in [6.45, 7) is 1.16. The lowest BCUT2D eigenvalue weighted by atomic mass is 10.1. The largest absolute Gasteiger partial charge is 0.493 e. The van der Waals surface area contributed by atoms with E-state index in [9.17, 15) is 8.78 Å². The third kappa shape index (κ3) is 5.73. The highest BCUT2D eigenvalue weighted by Gasteiger charge is 2.16. The van der Waals surface area contributed by atoms with Crippen LogP contribution in [0.3, 0.4) is 0 Å². The van der Waals surface area contributed by atoms with Crippen LogP contribution in [0.25, 0.3) is 0 Å². The Kier molecular flexibility index (Phi) is 7.78. The monoisotopic (exact) mass is 305 g/mol. The molecule has 7 heteroatoms. The maximum absolute atomic E-state index is 12.3. The van der Waals surface area contributed by atoms with Crippen LogP contribution in [0.4, 0.5) is 8.78 Å². The molecule has 21 heavy (non-hydrogen) atoms. The van der Waals surface area contributed by atoms with E-state index < -0.39 is 13.0 Å². The van der Waals surface area contributed by atoms with Crippen molar-refractivity contribution in [1.82, 2.24) is 5.32 Å². The second kappa shape index (κ2) is 9.36. The maximum atomic E-state index is 12.3. The van der Waals surface area contributed by atoms with Gasteiger partial charge in [-0.3, -0.25) is 0 Å². The molecule has 1 aromatic carbocycles. The van der Waals surface area contributed by atoms with E-state index in [-0.39, 0.29) is 5.75 Å². The minimum absolute atomic E-state index is 0.181. The van der Waals surface area contributed by atoms with Crippen LogP contribution in [0.2, 0.25) is 0 Å². The summed E-state index contributed by atoms with van der Waals surface area (Å²) < 4.78 is 44.9. The summed E-state index contributed by atoms with van der Waals surface area (Å²) in [6.07, 6.45) is -2.56. The van der Waals surface area contributed by atoms with Gasteiger partial charge < -0.3 is 24.3 Å². The zero-order valence-electron chi connectivity index (χ0n) is 12.4. The van der Waals surface area contributed by atoms with Crippen molar-refractivity contribution in [3.8, 4) is 17.2 Å². The molecule has 0 saturated heterocycles.